The maximum absolute atomic E-state index is 13.8. The number of aryl methyl sites for hydroxylation is 1. The van der Waals surface area contributed by atoms with Crippen molar-refractivity contribution in [2.75, 3.05) is 38.3 Å². The van der Waals surface area contributed by atoms with Crippen LogP contribution in [-0.2, 0) is 4.74 Å². The molecule has 1 saturated heterocycles. The van der Waals surface area contributed by atoms with Crippen molar-refractivity contribution >= 4 is 5.69 Å². The summed E-state index contributed by atoms with van der Waals surface area (Å²) in [5, 5.41) is 3.40. The monoisotopic (exact) mass is 280 g/mol. The van der Waals surface area contributed by atoms with E-state index < -0.39 is 0 Å². The van der Waals surface area contributed by atoms with Crippen molar-refractivity contribution in [1.82, 2.24) is 5.32 Å². The molecule has 0 radical (unpaired) electrons. The lowest BCUT2D eigenvalue weighted by atomic mass is 10.1. The van der Waals surface area contributed by atoms with E-state index >= 15 is 0 Å². The molecule has 0 aliphatic carbocycles. The number of hydrogen-bond acceptors (Lipinski definition) is 4. The Kier molecular flexibility index (Phi) is 3.81. The van der Waals surface area contributed by atoms with E-state index in [9.17, 15) is 4.39 Å². The average Bonchev–Trinajstić information content (AvgIpc) is 2.57. The molecule has 1 N–H and O–H groups in total. The highest BCUT2D eigenvalue weighted by Crippen LogP contribution is 2.38. The Morgan fingerprint density at radius 3 is 3.15 bits per heavy atom. The van der Waals surface area contributed by atoms with Crippen LogP contribution in [0, 0.1) is 12.7 Å². The number of rotatable bonds is 2. The summed E-state index contributed by atoms with van der Waals surface area (Å²) in [6, 6.07) is 3.45. The highest BCUT2D eigenvalue weighted by molar-refractivity contribution is 5.63. The molecular formula is C15H21FN2O2. The van der Waals surface area contributed by atoms with Crippen molar-refractivity contribution in [3.8, 4) is 5.75 Å². The van der Waals surface area contributed by atoms with E-state index in [4.69, 9.17) is 9.47 Å². The van der Waals surface area contributed by atoms with Gasteiger partial charge in [-0.15, -0.1) is 0 Å². The highest BCUT2D eigenvalue weighted by Gasteiger charge is 2.33. The Morgan fingerprint density at radius 2 is 2.35 bits per heavy atom. The van der Waals surface area contributed by atoms with E-state index in [0.717, 1.165) is 43.1 Å². The lowest BCUT2D eigenvalue weighted by molar-refractivity contribution is 0.0741. The molecule has 0 unspecified atom stereocenters. The summed E-state index contributed by atoms with van der Waals surface area (Å²) >= 11 is 0. The van der Waals surface area contributed by atoms with Crippen molar-refractivity contribution in [1.29, 1.82) is 0 Å². The molecule has 0 spiro atoms. The zero-order valence-corrected chi connectivity index (χ0v) is 12.0. The van der Waals surface area contributed by atoms with Crippen LogP contribution in [0.4, 0.5) is 10.1 Å². The molecule has 4 nitrogen and oxygen atoms in total. The number of methoxy groups -OCH3 is 1. The van der Waals surface area contributed by atoms with E-state index in [1.165, 1.54) is 6.07 Å². The van der Waals surface area contributed by atoms with Crippen molar-refractivity contribution in [2.24, 2.45) is 0 Å². The maximum atomic E-state index is 13.8. The third kappa shape index (κ3) is 2.47. The third-order valence-corrected chi connectivity index (χ3v) is 4.05. The minimum Gasteiger partial charge on any atom is -0.485 e. The molecule has 1 aromatic carbocycles. The quantitative estimate of drug-likeness (QED) is 0.894. The van der Waals surface area contributed by atoms with Crippen molar-refractivity contribution in [2.45, 2.75) is 25.5 Å². The SMILES string of the molecule is COC[C@@H]1C[C@@H]2CNCCN2c2cc(F)cc(C)c2O1. The standard InChI is InChI=1S/C15H21FN2O2/c1-10-5-11(16)6-14-15(10)20-13(9-19-2)7-12-8-17-3-4-18(12)14/h5-6,12-13,17H,3-4,7-9H2,1-2H3/t12-,13+/m1/s1. The van der Waals surface area contributed by atoms with Crippen LogP contribution >= 0.6 is 0 Å². The van der Waals surface area contributed by atoms with Crippen LogP contribution in [0.1, 0.15) is 12.0 Å². The molecule has 1 aromatic rings. The summed E-state index contributed by atoms with van der Waals surface area (Å²) in [6.07, 6.45) is 0.897. The van der Waals surface area contributed by atoms with E-state index in [0.29, 0.717) is 12.6 Å². The molecular weight excluding hydrogens is 259 g/mol. The van der Waals surface area contributed by atoms with E-state index in [1.54, 1.807) is 13.2 Å². The second-order valence-electron chi connectivity index (χ2n) is 5.55. The zero-order chi connectivity index (χ0) is 14.1. The first-order chi connectivity index (χ1) is 9.69. The zero-order valence-electron chi connectivity index (χ0n) is 12.0. The fourth-order valence-corrected chi connectivity index (χ4v) is 3.17. The smallest absolute Gasteiger partial charge is 0.146 e. The maximum Gasteiger partial charge on any atom is 0.146 e. The van der Waals surface area contributed by atoms with Gasteiger partial charge in [-0.1, -0.05) is 0 Å². The predicted octanol–water partition coefficient (Wildman–Crippen LogP) is 1.71. The number of hydrogen-bond donors (Lipinski definition) is 1. The first kappa shape index (κ1) is 13.6. The van der Waals surface area contributed by atoms with Gasteiger partial charge < -0.3 is 19.7 Å². The molecule has 0 aromatic heterocycles. The lowest BCUT2D eigenvalue weighted by Crippen LogP contribution is -2.52. The van der Waals surface area contributed by atoms with Gasteiger partial charge in [-0.2, -0.15) is 0 Å². The molecule has 2 atom stereocenters. The van der Waals surface area contributed by atoms with Gasteiger partial charge in [0.25, 0.3) is 0 Å². The molecule has 2 aliphatic rings. The number of nitrogens with zero attached hydrogens (tertiary/aromatic N) is 1. The van der Waals surface area contributed by atoms with Gasteiger partial charge >= 0.3 is 0 Å². The Bertz CT molecular complexity index is 495. The first-order valence-electron chi connectivity index (χ1n) is 7.12. The largest absolute Gasteiger partial charge is 0.485 e. The Hall–Kier alpha value is -1.33. The lowest BCUT2D eigenvalue weighted by Gasteiger charge is -2.37. The minimum absolute atomic E-state index is 0.0119. The molecule has 3 rings (SSSR count). The van der Waals surface area contributed by atoms with E-state index in [-0.39, 0.29) is 11.9 Å². The summed E-state index contributed by atoms with van der Waals surface area (Å²) < 4.78 is 25.1. The molecule has 2 heterocycles. The van der Waals surface area contributed by atoms with Crippen LogP contribution in [0.2, 0.25) is 0 Å². The van der Waals surface area contributed by atoms with Crippen LogP contribution in [0.25, 0.3) is 0 Å². The fraction of sp³-hybridized carbons (Fsp3) is 0.600. The number of fused-ring (bicyclic) bond motifs is 3. The van der Waals surface area contributed by atoms with E-state index in [2.05, 4.69) is 10.2 Å². The van der Waals surface area contributed by atoms with Gasteiger partial charge in [-0.05, 0) is 18.6 Å². The number of benzene rings is 1. The molecule has 2 aliphatic heterocycles. The van der Waals surface area contributed by atoms with Gasteiger partial charge in [0.1, 0.15) is 17.7 Å². The molecule has 0 bridgehead atoms. The van der Waals surface area contributed by atoms with Crippen molar-refractivity contribution in [3.05, 3.63) is 23.5 Å². The van der Waals surface area contributed by atoms with Gasteiger partial charge in [0, 0.05) is 45.3 Å². The Labute approximate surface area is 118 Å². The van der Waals surface area contributed by atoms with Crippen LogP contribution in [0.15, 0.2) is 12.1 Å². The number of ether oxygens (including phenoxy) is 2. The topological polar surface area (TPSA) is 33.7 Å². The van der Waals surface area contributed by atoms with Gasteiger partial charge in [0.2, 0.25) is 0 Å². The number of piperazine rings is 1. The van der Waals surface area contributed by atoms with Gasteiger partial charge in [-0.3, -0.25) is 0 Å². The summed E-state index contributed by atoms with van der Waals surface area (Å²) in [4.78, 5) is 2.28. The van der Waals surface area contributed by atoms with Crippen LogP contribution < -0.4 is 15.0 Å². The summed E-state index contributed by atoms with van der Waals surface area (Å²) in [5.74, 6) is 0.602. The van der Waals surface area contributed by atoms with Gasteiger partial charge in [0.15, 0.2) is 0 Å². The molecule has 1 fully saturated rings. The van der Waals surface area contributed by atoms with Gasteiger partial charge in [-0.25, -0.2) is 4.39 Å². The number of nitrogens with one attached hydrogen (secondary N) is 1. The molecule has 0 amide bonds. The summed E-state index contributed by atoms with van der Waals surface area (Å²) in [6.45, 7) is 5.15. The number of halogens is 1. The second kappa shape index (κ2) is 5.58. The van der Waals surface area contributed by atoms with Gasteiger partial charge in [0.05, 0.1) is 12.3 Å². The fourth-order valence-electron chi connectivity index (χ4n) is 3.17. The van der Waals surface area contributed by atoms with Crippen LogP contribution in [0.3, 0.4) is 0 Å². The average molecular weight is 280 g/mol. The van der Waals surface area contributed by atoms with Crippen molar-refractivity contribution in [3.63, 3.8) is 0 Å². The summed E-state index contributed by atoms with van der Waals surface area (Å²) in [5.41, 5.74) is 1.73. The third-order valence-electron chi connectivity index (χ3n) is 4.05. The molecule has 5 heteroatoms. The predicted molar refractivity (Wildman–Crippen MR) is 76.0 cm³/mol. The Morgan fingerprint density at radius 1 is 1.50 bits per heavy atom. The molecule has 0 saturated carbocycles. The highest BCUT2D eigenvalue weighted by atomic mass is 19.1. The minimum atomic E-state index is -0.202. The van der Waals surface area contributed by atoms with E-state index in [1.807, 2.05) is 6.92 Å². The summed E-state index contributed by atoms with van der Waals surface area (Å²) in [7, 11) is 1.68. The van der Waals surface area contributed by atoms with Crippen molar-refractivity contribution < 1.29 is 13.9 Å². The molecule has 20 heavy (non-hydrogen) atoms. The number of anilines is 1. The normalized spacial score (nSPS) is 25.4. The van der Waals surface area contributed by atoms with Crippen LogP contribution in [-0.4, -0.2) is 45.5 Å². The second-order valence-corrected chi connectivity index (χ2v) is 5.55. The van der Waals surface area contributed by atoms with Crippen LogP contribution in [0.5, 0.6) is 5.75 Å². The Balaban J connectivity index is 2.02. The first-order valence-corrected chi connectivity index (χ1v) is 7.12. The molecule has 110 valence electrons.